The lowest BCUT2D eigenvalue weighted by Crippen LogP contribution is -2.45. The zero-order chi connectivity index (χ0) is 12.0. The van der Waals surface area contributed by atoms with Gasteiger partial charge in [-0.25, -0.2) is 0 Å². The van der Waals surface area contributed by atoms with Crippen LogP contribution in [0.2, 0.25) is 0 Å². The predicted octanol–water partition coefficient (Wildman–Crippen LogP) is 1.64. The second-order valence-corrected chi connectivity index (χ2v) is 5.54. The largest absolute Gasteiger partial charge is 0.481 e. The normalized spacial score (nSPS) is 17.6. The van der Waals surface area contributed by atoms with Gasteiger partial charge in [0, 0.05) is 24.1 Å². The highest BCUT2D eigenvalue weighted by Crippen LogP contribution is 2.42. The van der Waals surface area contributed by atoms with Gasteiger partial charge in [-0.3, -0.25) is 9.59 Å². The molecule has 1 fully saturated rings. The number of amides is 1. The van der Waals surface area contributed by atoms with Crippen molar-refractivity contribution in [3.63, 3.8) is 0 Å². The van der Waals surface area contributed by atoms with E-state index >= 15 is 0 Å². The molecule has 16 heavy (non-hydrogen) atoms. The lowest BCUT2D eigenvalue weighted by molar-refractivity contribution is -0.137. The minimum absolute atomic E-state index is 0.0263. The average molecular weight is 245 g/mol. The van der Waals surface area contributed by atoms with Crippen molar-refractivity contribution in [2.75, 3.05) is 12.8 Å². The zero-order valence-electron chi connectivity index (χ0n) is 9.62. The third kappa shape index (κ3) is 4.04. The van der Waals surface area contributed by atoms with E-state index in [0.717, 1.165) is 6.54 Å². The Labute approximate surface area is 100 Å². The molecule has 1 aliphatic carbocycles. The predicted molar refractivity (Wildman–Crippen MR) is 64.6 cm³/mol. The van der Waals surface area contributed by atoms with Gasteiger partial charge in [0.1, 0.15) is 0 Å². The van der Waals surface area contributed by atoms with Crippen molar-refractivity contribution in [2.24, 2.45) is 0 Å². The molecule has 1 rings (SSSR count). The fourth-order valence-corrected chi connectivity index (χ4v) is 2.69. The summed E-state index contributed by atoms with van der Waals surface area (Å²) >= 11 is 1.82. The van der Waals surface area contributed by atoms with Crippen LogP contribution in [0.25, 0.3) is 0 Å². The average Bonchev–Trinajstić information content (AvgIpc) is 2.16. The highest BCUT2D eigenvalue weighted by molar-refractivity contribution is 8.00. The van der Waals surface area contributed by atoms with Crippen LogP contribution < -0.4 is 5.32 Å². The number of nitrogens with one attached hydrogen (secondary N) is 1. The smallest absolute Gasteiger partial charge is 0.303 e. The van der Waals surface area contributed by atoms with Crippen LogP contribution in [-0.4, -0.2) is 34.5 Å². The summed E-state index contributed by atoms with van der Waals surface area (Å²) in [6, 6.07) is 0. The van der Waals surface area contributed by atoms with Crippen LogP contribution in [0.3, 0.4) is 0 Å². The van der Waals surface area contributed by atoms with E-state index in [1.54, 1.807) is 0 Å². The Kier molecular flexibility index (Phi) is 5.12. The summed E-state index contributed by atoms with van der Waals surface area (Å²) in [4.78, 5) is 21.7. The van der Waals surface area contributed by atoms with Crippen molar-refractivity contribution < 1.29 is 14.7 Å². The van der Waals surface area contributed by atoms with Gasteiger partial charge < -0.3 is 10.4 Å². The van der Waals surface area contributed by atoms with Gasteiger partial charge in [0.25, 0.3) is 0 Å². The Hall–Kier alpha value is -0.710. The summed E-state index contributed by atoms with van der Waals surface area (Å²) in [5.74, 6) is -0.867. The molecule has 0 atom stereocenters. The van der Waals surface area contributed by atoms with Crippen molar-refractivity contribution in [3.05, 3.63) is 0 Å². The molecule has 1 saturated carbocycles. The number of carboxylic acid groups (broad SMARTS) is 1. The van der Waals surface area contributed by atoms with E-state index in [1.807, 2.05) is 11.8 Å². The van der Waals surface area contributed by atoms with Gasteiger partial charge in [-0.2, -0.15) is 11.8 Å². The van der Waals surface area contributed by atoms with Crippen LogP contribution in [0.4, 0.5) is 0 Å². The highest BCUT2D eigenvalue weighted by atomic mass is 32.2. The Morgan fingerprint density at radius 1 is 1.38 bits per heavy atom. The molecule has 0 heterocycles. The number of rotatable bonds is 7. The first-order chi connectivity index (χ1) is 7.58. The quantitative estimate of drug-likeness (QED) is 0.715. The SMILES string of the molecule is CSC1(CNC(=O)CCCC(=O)O)CCC1. The van der Waals surface area contributed by atoms with Gasteiger partial charge in [-0.05, 0) is 25.5 Å². The van der Waals surface area contributed by atoms with Crippen LogP contribution in [-0.2, 0) is 9.59 Å². The number of carbonyl (C=O) groups is 2. The minimum Gasteiger partial charge on any atom is -0.481 e. The maximum Gasteiger partial charge on any atom is 0.303 e. The van der Waals surface area contributed by atoms with Gasteiger partial charge in [-0.1, -0.05) is 6.42 Å². The second-order valence-electron chi connectivity index (χ2n) is 4.26. The van der Waals surface area contributed by atoms with E-state index < -0.39 is 5.97 Å². The molecule has 0 bridgehead atoms. The molecule has 0 spiro atoms. The number of carboxylic acids is 1. The maximum atomic E-state index is 11.4. The highest BCUT2D eigenvalue weighted by Gasteiger charge is 2.36. The van der Waals surface area contributed by atoms with Crippen molar-refractivity contribution in [1.29, 1.82) is 0 Å². The van der Waals surface area contributed by atoms with E-state index in [9.17, 15) is 9.59 Å². The fourth-order valence-electron chi connectivity index (χ4n) is 1.77. The van der Waals surface area contributed by atoms with Crippen LogP contribution in [0.15, 0.2) is 0 Å². The molecule has 0 aromatic carbocycles. The Morgan fingerprint density at radius 3 is 2.50 bits per heavy atom. The first-order valence-corrected chi connectivity index (χ1v) is 6.84. The third-order valence-electron chi connectivity index (χ3n) is 3.10. The molecular formula is C11H19NO3S. The van der Waals surface area contributed by atoms with Gasteiger partial charge in [0.15, 0.2) is 0 Å². The summed E-state index contributed by atoms with van der Waals surface area (Å²) in [5, 5.41) is 11.3. The van der Waals surface area contributed by atoms with Gasteiger partial charge in [0.2, 0.25) is 5.91 Å². The fraction of sp³-hybridized carbons (Fsp3) is 0.818. The lowest BCUT2D eigenvalue weighted by Gasteiger charge is -2.40. The van der Waals surface area contributed by atoms with E-state index in [-0.39, 0.29) is 17.1 Å². The first-order valence-electron chi connectivity index (χ1n) is 5.62. The van der Waals surface area contributed by atoms with Crippen LogP contribution in [0, 0.1) is 0 Å². The van der Waals surface area contributed by atoms with Gasteiger partial charge in [-0.15, -0.1) is 0 Å². The molecule has 4 nitrogen and oxygen atoms in total. The van der Waals surface area contributed by atoms with E-state index in [4.69, 9.17) is 5.11 Å². The maximum absolute atomic E-state index is 11.4. The van der Waals surface area contributed by atoms with E-state index in [0.29, 0.717) is 12.8 Å². The van der Waals surface area contributed by atoms with Crippen molar-refractivity contribution in [3.8, 4) is 0 Å². The van der Waals surface area contributed by atoms with Crippen LogP contribution >= 0.6 is 11.8 Å². The Bertz CT molecular complexity index is 258. The summed E-state index contributed by atoms with van der Waals surface area (Å²) in [6.45, 7) is 0.722. The Morgan fingerprint density at radius 2 is 2.06 bits per heavy atom. The van der Waals surface area contributed by atoms with Crippen LogP contribution in [0.1, 0.15) is 38.5 Å². The standard InChI is InChI=1S/C11H19NO3S/c1-16-11(6-3-7-11)8-12-9(13)4-2-5-10(14)15/h2-8H2,1H3,(H,12,13)(H,14,15). The number of carbonyl (C=O) groups excluding carboxylic acids is 1. The molecule has 2 N–H and O–H groups in total. The molecule has 92 valence electrons. The zero-order valence-corrected chi connectivity index (χ0v) is 10.4. The van der Waals surface area contributed by atoms with Crippen molar-refractivity contribution in [1.82, 2.24) is 5.32 Å². The summed E-state index contributed by atoms with van der Waals surface area (Å²) in [6.07, 6.45) is 6.48. The molecule has 0 saturated heterocycles. The number of aliphatic carboxylic acids is 1. The van der Waals surface area contributed by atoms with E-state index in [1.165, 1.54) is 19.3 Å². The van der Waals surface area contributed by atoms with Gasteiger partial charge in [0.05, 0.1) is 0 Å². The molecule has 1 amide bonds. The molecule has 0 aliphatic heterocycles. The van der Waals surface area contributed by atoms with Crippen LogP contribution in [0.5, 0.6) is 0 Å². The summed E-state index contributed by atoms with van der Waals surface area (Å²) < 4.78 is 0.252. The minimum atomic E-state index is -0.840. The summed E-state index contributed by atoms with van der Waals surface area (Å²) in [7, 11) is 0. The molecular weight excluding hydrogens is 226 g/mol. The lowest BCUT2D eigenvalue weighted by atomic mass is 9.84. The van der Waals surface area contributed by atoms with E-state index in [2.05, 4.69) is 11.6 Å². The number of hydrogen-bond donors (Lipinski definition) is 2. The topological polar surface area (TPSA) is 66.4 Å². The number of hydrogen-bond acceptors (Lipinski definition) is 3. The van der Waals surface area contributed by atoms with Crippen molar-refractivity contribution >= 4 is 23.6 Å². The monoisotopic (exact) mass is 245 g/mol. The molecule has 0 aromatic rings. The van der Waals surface area contributed by atoms with Crippen molar-refractivity contribution in [2.45, 2.75) is 43.3 Å². The molecule has 0 aromatic heterocycles. The summed E-state index contributed by atoms with van der Waals surface area (Å²) in [5.41, 5.74) is 0. The Balaban J connectivity index is 2.12. The molecule has 5 heteroatoms. The second kappa shape index (κ2) is 6.13. The number of thioether (sulfide) groups is 1. The molecule has 0 unspecified atom stereocenters. The molecule has 1 aliphatic rings. The van der Waals surface area contributed by atoms with Gasteiger partial charge >= 0.3 is 5.97 Å². The third-order valence-corrected chi connectivity index (χ3v) is 4.52. The first kappa shape index (κ1) is 13.4. The molecule has 0 radical (unpaired) electrons.